The van der Waals surface area contributed by atoms with E-state index in [0.717, 1.165) is 59.8 Å². The van der Waals surface area contributed by atoms with Crippen LogP contribution in [0.25, 0.3) is 16.8 Å². The number of halogens is 1. The quantitative estimate of drug-likeness (QED) is 0.441. The highest BCUT2D eigenvalue weighted by Crippen LogP contribution is 2.29. The number of ether oxygens (including phenoxy) is 1. The molecule has 4 aromatic rings. The summed E-state index contributed by atoms with van der Waals surface area (Å²) >= 11 is 6.21. The average Bonchev–Trinajstić information content (AvgIpc) is 3.33. The highest BCUT2D eigenvalue weighted by molar-refractivity contribution is 6.31. The summed E-state index contributed by atoms with van der Waals surface area (Å²) in [7, 11) is 1.66. The molecule has 1 amide bonds. The highest BCUT2D eigenvalue weighted by atomic mass is 35.5. The van der Waals surface area contributed by atoms with Gasteiger partial charge in [0.05, 0.1) is 12.8 Å². The Morgan fingerprint density at radius 2 is 1.97 bits per heavy atom. The third kappa shape index (κ3) is 4.56. The Balaban J connectivity index is 1.27. The number of hydrogen-bond donors (Lipinski definition) is 1. The number of anilines is 1. The Labute approximate surface area is 203 Å². The molecule has 0 bridgehead atoms. The van der Waals surface area contributed by atoms with Crippen LogP contribution < -0.4 is 15.0 Å². The number of fused-ring (bicyclic) bond motifs is 1. The molecule has 3 heterocycles. The fraction of sp³-hybridized carbons (Fsp3) is 0.269. The average molecular weight is 476 g/mol. The summed E-state index contributed by atoms with van der Waals surface area (Å²) in [5.41, 5.74) is 3.73. The maximum Gasteiger partial charge on any atom is 0.223 e. The van der Waals surface area contributed by atoms with E-state index >= 15 is 0 Å². The molecule has 0 spiro atoms. The largest absolute Gasteiger partial charge is 0.497 e. The second kappa shape index (κ2) is 9.73. The van der Waals surface area contributed by atoms with Crippen molar-refractivity contribution in [3.05, 3.63) is 77.6 Å². The summed E-state index contributed by atoms with van der Waals surface area (Å²) in [6, 6.07) is 17.5. The molecule has 34 heavy (non-hydrogen) atoms. The van der Waals surface area contributed by atoms with Gasteiger partial charge in [0.2, 0.25) is 5.91 Å². The molecule has 1 aliphatic heterocycles. The van der Waals surface area contributed by atoms with Crippen LogP contribution in [0.1, 0.15) is 18.4 Å². The Bertz CT molecular complexity index is 1310. The van der Waals surface area contributed by atoms with E-state index in [-0.39, 0.29) is 11.8 Å². The lowest BCUT2D eigenvalue weighted by Gasteiger charge is -2.32. The van der Waals surface area contributed by atoms with E-state index in [4.69, 9.17) is 21.4 Å². The number of carbonyl (C=O) groups excluding carboxylic acids is 1. The number of benzene rings is 2. The molecule has 0 radical (unpaired) electrons. The molecule has 174 valence electrons. The lowest BCUT2D eigenvalue weighted by molar-refractivity contribution is -0.125. The number of aromatic nitrogens is 3. The van der Waals surface area contributed by atoms with Crippen molar-refractivity contribution in [1.82, 2.24) is 19.9 Å². The number of amides is 1. The normalized spacial score (nSPS) is 14.4. The van der Waals surface area contributed by atoms with Gasteiger partial charge in [-0.25, -0.2) is 9.50 Å². The van der Waals surface area contributed by atoms with Crippen LogP contribution in [0.4, 0.5) is 5.82 Å². The summed E-state index contributed by atoms with van der Waals surface area (Å²) in [6.45, 7) is 1.97. The molecule has 7 nitrogen and oxygen atoms in total. The molecular formula is C26H26ClN5O2. The highest BCUT2D eigenvalue weighted by Gasteiger charge is 2.27. The van der Waals surface area contributed by atoms with Crippen LogP contribution in [-0.4, -0.2) is 40.7 Å². The summed E-state index contributed by atoms with van der Waals surface area (Å²) in [5.74, 6) is 1.74. The Hall–Kier alpha value is -3.58. The predicted octanol–water partition coefficient (Wildman–Crippen LogP) is 4.59. The van der Waals surface area contributed by atoms with Crippen molar-refractivity contribution in [2.24, 2.45) is 5.92 Å². The lowest BCUT2D eigenvalue weighted by atomic mass is 9.95. The van der Waals surface area contributed by atoms with E-state index in [0.29, 0.717) is 11.6 Å². The Kier molecular flexibility index (Phi) is 6.36. The lowest BCUT2D eigenvalue weighted by Crippen LogP contribution is -2.40. The first-order chi connectivity index (χ1) is 16.6. The molecule has 0 aliphatic carbocycles. The van der Waals surface area contributed by atoms with E-state index in [2.05, 4.69) is 21.3 Å². The van der Waals surface area contributed by atoms with Gasteiger partial charge in [-0.1, -0.05) is 41.9 Å². The third-order valence-electron chi connectivity index (χ3n) is 6.31. The standard InChI is InChI=1S/C26H26ClN5O2/c1-34-21-7-4-6-19(15-21)23-16-24-25(28-11-14-32(24)30-23)31-12-9-18(10-13-31)26(33)29-17-20-5-2-3-8-22(20)27/h2-8,11,14-16,18H,9-10,12-13,17H2,1H3,(H,29,33). The van der Waals surface area contributed by atoms with Crippen LogP contribution in [0.15, 0.2) is 67.0 Å². The van der Waals surface area contributed by atoms with Crippen molar-refractivity contribution < 1.29 is 9.53 Å². The predicted molar refractivity (Wildman–Crippen MR) is 133 cm³/mol. The first-order valence-corrected chi connectivity index (χ1v) is 11.7. The molecule has 1 fully saturated rings. The zero-order valence-electron chi connectivity index (χ0n) is 18.9. The minimum atomic E-state index is -0.0178. The van der Waals surface area contributed by atoms with Crippen molar-refractivity contribution in [1.29, 1.82) is 0 Å². The molecule has 1 aliphatic rings. The van der Waals surface area contributed by atoms with Crippen LogP contribution in [-0.2, 0) is 11.3 Å². The fourth-order valence-corrected chi connectivity index (χ4v) is 4.60. The van der Waals surface area contributed by atoms with Crippen LogP contribution in [0.3, 0.4) is 0 Å². The van der Waals surface area contributed by atoms with Gasteiger partial charge in [0.15, 0.2) is 5.82 Å². The van der Waals surface area contributed by atoms with E-state index in [1.807, 2.05) is 59.2 Å². The summed E-state index contributed by atoms with van der Waals surface area (Å²) in [6.07, 6.45) is 5.17. The van der Waals surface area contributed by atoms with E-state index in [1.165, 1.54) is 0 Å². The molecule has 0 unspecified atom stereocenters. The number of nitrogens with zero attached hydrogens (tertiary/aromatic N) is 4. The van der Waals surface area contributed by atoms with E-state index in [1.54, 1.807) is 13.3 Å². The number of hydrogen-bond acceptors (Lipinski definition) is 5. The van der Waals surface area contributed by atoms with E-state index < -0.39 is 0 Å². The smallest absolute Gasteiger partial charge is 0.223 e. The summed E-state index contributed by atoms with van der Waals surface area (Å²) in [5, 5.41) is 8.45. The molecule has 5 rings (SSSR count). The first kappa shape index (κ1) is 22.2. The number of methoxy groups -OCH3 is 1. The summed E-state index contributed by atoms with van der Waals surface area (Å²) in [4.78, 5) is 19.6. The van der Waals surface area contributed by atoms with Crippen LogP contribution >= 0.6 is 11.6 Å². The molecule has 8 heteroatoms. The van der Waals surface area contributed by atoms with Gasteiger partial charge in [0.25, 0.3) is 0 Å². The molecule has 2 aromatic heterocycles. The number of piperidine rings is 1. The van der Waals surface area contributed by atoms with E-state index in [9.17, 15) is 4.79 Å². The zero-order chi connectivity index (χ0) is 23.5. The SMILES string of the molecule is COc1cccc(-c2cc3c(N4CCC(C(=O)NCc5ccccc5Cl)CC4)nccn3n2)c1. The van der Waals surface area contributed by atoms with Crippen molar-refractivity contribution >= 4 is 28.8 Å². The van der Waals surface area contributed by atoms with Crippen molar-refractivity contribution in [3.63, 3.8) is 0 Å². The first-order valence-electron chi connectivity index (χ1n) is 11.4. The molecule has 2 aromatic carbocycles. The summed E-state index contributed by atoms with van der Waals surface area (Å²) < 4.78 is 7.21. The van der Waals surface area contributed by atoms with Gasteiger partial charge in [-0.2, -0.15) is 5.10 Å². The molecule has 0 saturated carbocycles. The zero-order valence-corrected chi connectivity index (χ0v) is 19.7. The topological polar surface area (TPSA) is 71.8 Å². The van der Waals surface area contributed by atoms with Crippen molar-refractivity contribution in [2.75, 3.05) is 25.1 Å². The molecule has 1 N–H and O–H groups in total. The molecular weight excluding hydrogens is 450 g/mol. The Morgan fingerprint density at radius 1 is 1.15 bits per heavy atom. The second-order valence-corrected chi connectivity index (χ2v) is 8.82. The van der Waals surface area contributed by atoms with Gasteiger partial charge < -0.3 is 15.0 Å². The Morgan fingerprint density at radius 3 is 2.76 bits per heavy atom. The second-order valence-electron chi connectivity index (χ2n) is 8.41. The maximum absolute atomic E-state index is 12.7. The third-order valence-corrected chi connectivity index (χ3v) is 6.68. The minimum Gasteiger partial charge on any atom is -0.497 e. The monoisotopic (exact) mass is 475 g/mol. The van der Waals surface area contributed by atoms with Crippen LogP contribution in [0.5, 0.6) is 5.75 Å². The maximum atomic E-state index is 12.7. The van der Waals surface area contributed by atoms with Gasteiger partial charge in [-0.3, -0.25) is 4.79 Å². The van der Waals surface area contributed by atoms with Gasteiger partial charge in [0, 0.05) is 48.5 Å². The van der Waals surface area contributed by atoms with Crippen LogP contribution in [0.2, 0.25) is 5.02 Å². The number of carbonyl (C=O) groups is 1. The number of nitrogens with one attached hydrogen (secondary N) is 1. The fourth-order valence-electron chi connectivity index (χ4n) is 4.40. The van der Waals surface area contributed by atoms with Gasteiger partial charge in [-0.05, 0) is 42.7 Å². The molecule has 1 saturated heterocycles. The van der Waals surface area contributed by atoms with Crippen molar-refractivity contribution in [2.45, 2.75) is 19.4 Å². The minimum absolute atomic E-state index is 0.0178. The number of rotatable bonds is 6. The van der Waals surface area contributed by atoms with Gasteiger partial charge in [-0.15, -0.1) is 0 Å². The van der Waals surface area contributed by atoms with Crippen LogP contribution in [0, 0.1) is 5.92 Å². The van der Waals surface area contributed by atoms with Gasteiger partial charge >= 0.3 is 0 Å². The van der Waals surface area contributed by atoms with Crippen molar-refractivity contribution in [3.8, 4) is 17.0 Å². The van der Waals surface area contributed by atoms with Gasteiger partial charge in [0.1, 0.15) is 11.3 Å². The molecule has 0 atom stereocenters.